The molecule has 1 fully saturated rings. The van der Waals surface area contributed by atoms with Gasteiger partial charge in [0.1, 0.15) is 16.7 Å². The number of allylic oxidation sites excluding steroid dienone is 1. The van der Waals surface area contributed by atoms with Gasteiger partial charge in [0, 0.05) is 53.7 Å². The summed E-state index contributed by atoms with van der Waals surface area (Å²) in [6, 6.07) is 13.5. The van der Waals surface area contributed by atoms with Crippen molar-refractivity contribution in [3.05, 3.63) is 134 Å². The van der Waals surface area contributed by atoms with Crippen molar-refractivity contribution in [1.82, 2.24) is 24.6 Å². The number of benzene rings is 2. The standard InChI is InChI=1S/C43H40N8O2S/c1-26-14-17-34(18-15-26)41-39-28(3)37(54-43(39)50(30(5)44)27(2)23-45-41)20-16-32-24-46-49(25-32)22-9-7-8-11-33-12-10-13-35-40(33)42(53)51(31(6)48-35)36-19-21-38(52)47-29(36)4/h10,12-15,17-18,24-25,36,44H,2,4,7,9,19,21-23H2,1,3,5-6H3,(H,47,52). The van der Waals surface area contributed by atoms with Crippen LogP contribution in [0.5, 0.6) is 0 Å². The molecule has 2 N–H and O–H groups in total. The number of thiophene rings is 1. The van der Waals surface area contributed by atoms with Crippen molar-refractivity contribution < 1.29 is 4.79 Å². The van der Waals surface area contributed by atoms with Gasteiger partial charge in [-0.1, -0.05) is 72.7 Å². The summed E-state index contributed by atoms with van der Waals surface area (Å²) in [6.07, 6.45) is 5.89. The summed E-state index contributed by atoms with van der Waals surface area (Å²) in [7, 11) is 0. The quantitative estimate of drug-likeness (QED) is 0.0878. The molecule has 0 spiro atoms. The molecular formula is C43H40N8O2S. The highest BCUT2D eigenvalue weighted by Crippen LogP contribution is 2.40. The zero-order valence-electron chi connectivity index (χ0n) is 30.8. The van der Waals surface area contributed by atoms with Crippen LogP contribution in [-0.4, -0.2) is 43.3 Å². The molecule has 3 aromatic heterocycles. The largest absolute Gasteiger partial charge is 0.328 e. The van der Waals surface area contributed by atoms with Crippen LogP contribution in [0.15, 0.2) is 89.2 Å². The van der Waals surface area contributed by atoms with Crippen LogP contribution in [0, 0.1) is 49.9 Å². The molecule has 2 aliphatic rings. The Morgan fingerprint density at radius 3 is 2.63 bits per heavy atom. The summed E-state index contributed by atoms with van der Waals surface area (Å²) in [5, 5.41) is 17.2. The van der Waals surface area contributed by atoms with Gasteiger partial charge in [-0.05, 0) is 58.2 Å². The highest BCUT2D eigenvalue weighted by Gasteiger charge is 2.29. The van der Waals surface area contributed by atoms with Crippen LogP contribution >= 0.6 is 11.3 Å². The maximum absolute atomic E-state index is 13.8. The normalized spacial score (nSPS) is 15.4. The van der Waals surface area contributed by atoms with E-state index in [-0.39, 0.29) is 17.5 Å². The van der Waals surface area contributed by atoms with Crippen molar-refractivity contribution in [2.24, 2.45) is 4.99 Å². The van der Waals surface area contributed by atoms with Gasteiger partial charge < -0.3 is 5.32 Å². The lowest BCUT2D eigenvalue weighted by atomic mass is 9.99. The summed E-state index contributed by atoms with van der Waals surface area (Å²) in [4.78, 5) is 38.1. The Balaban J connectivity index is 1.06. The first-order valence-corrected chi connectivity index (χ1v) is 18.6. The predicted molar refractivity (Wildman–Crippen MR) is 216 cm³/mol. The molecule has 2 aliphatic heterocycles. The van der Waals surface area contributed by atoms with Gasteiger partial charge in [0.2, 0.25) is 5.91 Å². The topological polar surface area (TPSA) is 121 Å². The second-order valence-electron chi connectivity index (χ2n) is 13.6. The number of fused-ring (bicyclic) bond motifs is 2. The summed E-state index contributed by atoms with van der Waals surface area (Å²) in [5.41, 5.74) is 8.20. The van der Waals surface area contributed by atoms with Crippen LogP contribution in [0.3, 0.4) is 0 Å². The molecule has 0 saturated carbocycles. The Bertz CT molecular complexity index is 2600. The van der Waals surface area contributed by atoms with Crippen LogP contribution in [0.1, 0.15) is 82.7 Å². The first-order valence-electron chi connectivity index (χ1n) is 17.8. The highest BCUT2D eigenvalue weighted by molar-refractivity contribution is 7.17. The molecule has 1 unspecified atom stereocenters. The fourth-order valence-electron chi connectivity index (χ4n) is 6.90. The van der Waals surface area contributed by atoms with E-state index in [0.717, 1.165) is 50.0 Å². The van der Waals surface area contributed by atoms with E-state index in [1.807, 2.05) is 34.0 Å². The van der Waals surface area contributed by atoms with E-state index in [2.05, 4.69) is 85.4 Å². The number of aliphatic imine (C=N–C) groups is 1. The van der Waals surface area contributed by atoms with Gasteiger partial charge in [-0.25, -0.2) is 4.98 Å². The summed E-state index contributed by atoms with van der Waals surface area (Å²) >= 11 is 1.55. The Morgan fingerprint density at radius 1 is 1.07 bits per heavy atom. The van der Waals surface area contributed by atoms with Gasteiger partial charge >= 0.3 is 0 Å². The summed E-state index contributed by atoms with van der Waals surface area (Å²) < 4.78 is 3.50. The SMILES string of the molecule is C=C1NC(=O)CCC1n1c(C)nc2cccc(C#CCCCn3cc(C#Cc4sc5c(c4C)C(c4ccc(C)cc4)=NCC(=C)N5C(C)=N)cn3)c2c1=O. The molecule has 7 rings (SSSR count). The second kappa shape index (κ2) is 15.0. The smallest absolute Gasteiger partial charge is 0.263 e. The minimum absolute atomic E-state index is 0.0915. The summed E-state index contributed by atoms with van der Waals surface area (Å²) in [6.45, 7) is 17.0. The molecule has 0 radical (unpaired) electrons. The first-order chi connectivity index (χ1) is 26.0. The summed E-state index contributed by atoms with van der Waals surface area (Å²) in [5.74, 6) is 14.0. The van der Waals surface area contributed by atoms with Gasteiger partial charge in [0.05, 0.1) is 45.8 Å². The molecule has 11 heteroatoms. The van der Waals surface area contributed by atoms with Crippen LogP contribution in [0.2, 0.25) is 0 Å². The molecule has 1 atom stereocenters. The Labute approximate surface area is 318 Å². The number of hydrogen-bond acceptors (Lipinski definition) is 7. The number of carbonyl (C=O) groups excluding carboxylic acids is 1. The van der Waals surface area contributed by atoms with Crippen molar-refractivity contribution in [3.8, 4) is 23.7 Å². The van der Waals surface area contributed by atoms with Gasteiger partial charge in [-0.3, -0.25) is 34.1 Å². The average Bonchev–Trinajstić information content (AvgIpc) is 3.67. The molecule has 54 heavy (non-hydrogen) atoms. The van der Waals surface area contributed by atoms with E-state index in [1.54, 1.807) is 35.9 Å². The fraction of sp³-hybridized carbons (Fsp3) is 0.256. The minimum atomic E-state index is -0.352. The number of nitrogens with zero attached hydrogens (tertiary/aromatic N) is 6. The molecule has 10 nitrogen and oxygen atoms in total. The van der Waals surface area contributed by atoms with Crippen molar-refractivity contribution in [2.45, 2.75) is 66.0 Å². The van der Waals surface area contributed by atoms with Crippen molar-refractivity contribution in [1.29, 1.82) is 5.41 Å². The highest BCUT2D eigenvalue weighted by atomic mass is 32.1. The van der Waals surface area contributed by atoms with Crippen LogP contribution in [0.25, 0.3) is 10.9 Å². The van der Waals surface area contributed by atoms with Crippen LogP contribution in [-0.2, 0) is 11.3 Å². The molecule has 270 valence electrons. The number of piperidine rings is 1. The van der Waals surface area contributed by atoms with Crippen LogP contribution < -0.4 is 15.8 Å². The zero-order chi connectivity index (χ0) is 38.1. The maximum Gasteiger partial charge on any atom is 0.263 e. The molecular weight excluding hydrogens is 693 g/mol. The van der Waals surface area contributed by atoms with E-state index in [0.29, 0.717) is 66.2 Å². The molecule has 5 aromatic rings. The molecule has 0 aliphatic carbocycles. The Kier molecular flexibility index (Phi) is 10.0. The minimum Gasteiger partial charge on any atom is -0.328 e. The lowest BCUT2D eigenvalue weighted by molar-refractivity contribution is -0.121. The predicted octanol–water partition coefficient (Wildman–Crippen LogP) is 6.94. The number of amides is 1. The third-order valence-electron chi connectivity index (χ3n) is 9.59. The third-order valence-corrected chi connectivity index (χ3v) is 10.8. The number of aryl methyl sites for hydroxylation is 3. The molecule has 1 amide bonds. The number of hydrogen-bond donors (Lipinski definition) is 2. The van der Waals surface area contributed by atoms with E-state index in [9.17, 15) is 9.59 Å². The van der Waals surface area contributed by atoms with E-state index in [1.165, 1.54) is 5.56 Å². The number of aromatic nitrogens is 4. The van der Waals surface area contributed by atoms with Crippen molar-refractivity contribution in [3.63, 3.8) is 0 Å². The average molecular weight is 733 g/mol. The van der Waals surface area contributed by atoms with Crippen molar-refractivity contribution in [2.75, 3.05) is 11.4 Å². The fourth-order valence-corrected chi connectivity index (χ4v) is 8.16. The number of rotatable bonds is 5. The van der Waals surface area contributed by atoms with E-state index < -0.39 is 0 Å². The number of carbonyl (C=O) groups is 1. The van der Waals surface area contributed by atoms with Gasteiger partial charge in [0.25, 0.3) is 5.56 Å². The third kappa shape index (κ3) is 7.06. The monoisotopic (exact) mass is 732 g/mol. The van der Waals surface area contributed by atoms with Gasteiger partial charge in [-0.15, -0.1) is 11.3 Å². The number of amidine groups is 1. The number of unbranched alkanes of at least 4 members (excludes halogenated alkanes) is 1. The molecule has 0 bridgehead atoms. The van der Waals surface area contributed by atoms with Crippen LogP contribution in [0.4, 0.5) is 5.00 Å². The first kappa shape index (κ1) is 36.1. The van der Waals surface area contributed by atoms with E-state index in [4.69, 9.17) is 15.4 Å². The Morgan fingerprint density at radius 2 is 1.87 bits per heavy atom. The molecule has 2 aromatic carbocycles. The van der Waals surface area contributed by atoms with E-state index >= 15 is 0 Å². The number of anilines is 1. The Hall–Kier alpha value is -6.30. The lowest BCUT2D eigenvalue weighted by Gasteiger charge is -2.28. The number of nitrogens with one attached hydrogen (secondary N) is 2. The van der Waals surface area contributed by atoms with Gasteiger partial charge in [-0.2, -0.15) is 5.10 Å². The molecule has 1 saturated heterocycles. The maximum atomic E-state index is 13.8. The molecule has 5 heterocycles. The van der Waals surface area contributed by atoms with Crippen molar-refractivity contribution >= 4 is 44.7 Å². The van der Waals surface area contributed by atoms with Gasteiger partial charge in [0.15, 0.2) is 0 Å². The lowest BCUT2D eigenvalue weighted by Crippen LogP contribution is -2.38. The second-order valence-corrected chi connectivity index (χ2v) is 14.6. The zero-order valence-corrected chi connectivity index (χ0v) is 31.7.